The Balaban J connectivity index is 2.30. The van der Waals surface area contributed by atoms with Gasteiger partial charge in [-0.2, -0.15) is 0 Å². The fourth-order valence-corrected chi connectivity index (χ4v) is 2.23. The number of hydrogen-bond acceptors (Lipinski definition) is 2. The van der Waals surface area contributed by atoms with Crippen LogP contribution in [0.5, 0.6) is 5.75 Å². The Kier molecular flexibility index (Phi) is 4.07. The van der Waals surface area contributed by atoms with Crippen LogP contribution in [0.15, 0.2) is 42.5 Å². The number of aromatic hydroxyl groups is 1. The summed E-state index contributed by atoms with van der Waals surface area (Å²) < 4.78 is 0. The van der Waals surface area contributed by atoms with Crippen molar-refractivity contribution in [2.24, 2.45) is 0 Å². The first-order valence-electron chi connectivity index (χ1n) is 5.12. The van der Waals surface area contributed by atoms with E-state index in [1.807, 2.05) is 30.3 Å². The standard InChI is InChI=1S/C13H9Cl2NOS/c14-8-6-10(12(17)11(15)7-8)13(18)16-9-4-2-1-3-5-9/h1-7,17H,(H,16,18). The summed E-state index contributed by atoms with van der Waals surface area (Å²) >= 11 is 17.0. The number of para-hydroxylation sites is 1. The van der Waals surface area contributed by atoms with E-state index in [0.29, 0.717) is 15.6 Å². The maximum Gasteiger partial charge on any atom is 0.144 e. The Labute approximate surface area is 120 Å². The molecule has 2 aromatic carbocycles. The van der Waals surface area contributed by atoms with Gasteiger partial charge >= 0.3 is 0 Å². The Morgan fingerprint density at radius 2 is 1.78 bits per heavy atom. The minimum absolute atomic E-state index is 0.0745. The molecule has 0 unspecified atom stereocenters. The number of phenolic OH excluding ortho intramolecular Hbond substituents is 1. The van der Waals surface area contributed by atoms with Gasteiger partial charge in [-0.3, -0.25) is 0 Å². The Hall–Kier alpha value is -1.29. The fraction of sp³-hybridized carbons (Fsp3) is 0. The number of hydrogen-bond donors (Lipinski definition) is 2. The van der Waals surface area contributed by atoms with Gasteiger partial charge in [-0.1, -0.05) is 53.6 Å². The van der Waals surface area contributed by atoms with E-state index in [1.165, 1.54) is 6.07 Å². The predicted octanol–water partition coefficient (Wildman–Crippen LogP) is 4.49. The normalized spacial score (nSPS) is 10.1. The number of benzene rings is 2. The molecule has 5 heteroatoms. The summed E-state index contributed by atoms with van der Waals surface area (Å²) in [6, 6.07) is 12.5. The van der Waals surface area contributed by atoms with Gasteiger partial charge in [0.15, 0.2) is 0 Å². The number of anilines is 1. The molecule has 0 aliphatic heterocycles. The predicted molar refractivity (Wildman–Crippen MR) is 79.9 cm³/mol. The lowest BCUT2D eigenvalue weighted by molar-refractivity contribution is 0.474. The maximum atomic E-state index is 9.85. The molecule has 0 aromatic heterocycles. The molecule has 0 aliphatic carbocycles. The van der Waals surface area contributed by atoms with Crippen LogP contribution in [0.3, 0.4) is 0 Å². The Morgan fingerprint density at radius 3 is 2.44 bits per heavy atom. The molecule has 2 N–H and O–H groups in total. The molecule has 0 amide bonds. The second kappa shape index (κ2) is 5.57. The van der Waals surface area contributed by atoms with Gasteiger partial charge in [0.05, 0.1) is 10.6 Å². The minimum Gasteiger partial charge on any atom is -0.506 e. The highest BCUT2D eigenvalue weighted by Gasteiger charge is 2.12. The van der Waals surface area contributed by atoms with Crippen LogP contribution >= 0.6 is 35.4 Å². The first kappa shape index (κ1) is 13.1. The molecule has 0 atom stereocenters. The molecule has 92 valence electrons. The summed E-state index contributed by atoms with van der Waals surface area (Å²) in [5.41, 5.74) is 1.24. The molecule has 18 heavy (non-hydrogen) atoms. The largest absolute Gasteiger partial charge is 0.506 e. The van der Waals surface area contributed by atoms with Crippen LogP contribution in [0.4, 0.5) is 5.69 Å². The molecule has 0 aliphatic rings. The lowest BCUT2D eigenvalue weighted by Crippen LogP contribution is -2.10. The van der Waals surface area contributed by atoms with Crippen molar-refractivity contribution in [3.63, 3.8) is 0 Å². The monoisotopic (exact) mass is 297 g/mol. The van der Waals surface area contributed by atoms with Crippen molar-refractivity contribution >= 4 is 46.1 Å². The van der Waals surface area contributed by atoms with Gasteiger partial charge < -0.3 is 10.4 Å². The van der Waals surface area contributed by atoms with Crippen LogP contribution in [0.25, 0.3) is 0 Å². The summed E-state index contributed by atoms with van der Waals surface area (Å²) in [4.78, 5) is 0.364. The van der Waals surface area contributed by atoms with Crippen molar-refractivity contribution in [2.45, 2.75) is 0 Å². The molecular formula is C13H9Cl2NOS. The molecule has 2 nitrogen and oxygen atoms in total. The Bertz CT molecular complexity index is 587. The van der Waals surface area contributed by atoms with Gasteiger partial charge in [0.2, 0.25) is 0 Å². The second-order valence-electron chi connectivity index (χ2n) is 3.60. The van der Waals surface area contributed by atoms with Crippen molar-refractivity contribution in [1.82, 2.24) is 0 Å². The minimum atomic E-state index is -0.0745. The summed E-state index contributed by atoms with van der Waals surface area (Å²) in [6.45, 7) is 0. The molecule has 0 spiro atoms. The molecule has 0 saturated heterocycles. The fourth-order valence-electron chi connectivity index (χ4n) is 1.46. The van der Waals surface area contributed by atoms with E-state index in [4.69, 9.17) is 35.4 Å². The number of rotatable bonds is 2. The zero-order valence-electron chi connectivity index (χ0n) is 9.15. The topological polar surface area (TPSA) is 32.3 Å². The lowest BCUT2D eigenvalue weighted by Gasteiger charge is -2.11. The van der Waals surface area contributed by atoms with Crippen molar-refractivity contribution in [2.75, 3.05) is 5.32 Å². The van der Waals surface area contributed by atoms with Gasteiger partial charge in [-0.15, -0.1) is 0 Å². The first-order valence-corrected chi connectivity index (χ1v) is 6.29. The van der Waals surface area contributed by atoms with Crippen LogP contribution in [0.1, 0.15) is 5.56 Å². The van der Waals surface area contributed by atoms with Gasteiger partial charge in [0.25, 0.3) is 0 Å². The van der Waals surface area contributed by atoms with E-state index in [0.717, 1.165) is 5.69 Å². The molecule has 0 heterocycles. The molecule has 0 bridgehead atoms. The van der Waals surface area contributed by atoms with Crippen molar-refractivity contribution < 1.29 is 5.11 Å². The third-order valence-electron chi connectivity index (χ3n) is 2.30. The lowest BCUT2D eigenvalue weighted by atomic mass is 10.2. The van der Waals surface area contributed by atoms with Crippen molar-refractivity contribution in [3.05, 3.63) is 58.1 Å². The average Bonchev–Trinajstić information content (AvgIpc) is 2.35. The van der Waals surface area contributed by atoms with E-state index >= 15 is 0 Å². The van der Waals surface area contributed by atoms with Crippen LogP contribution < -0.4 is 5.32 Å². The zero-order valence-corrected chi connectivity index (χ0v) is 11.5. The van der Waals surface area contributed by atoms with Crippen molar-refractivity contribution in [3.8, 4) is 5.75 Å². The summed E-state index contributed by atoms with van der Waals surface area (Å²) in [5.74, 6) is -0.0745. The average molecular weight is 298 g/mol. The van der Waals surface area contributed by atoms with Gasteiger partial charge in [0.1, 0.15) is 10.7 Å². The Morgan fingerprint density at radius 1 is 1.11 bits per heavy atom. The van der Waals surface area contributed by atoms with Crippen LogP contribution in [0, 0.1) is 0 Å². The summed E-state index contributed by atoms with van der Waals surface area (Å²) in [6.07, 6.45) is 0. The molecule has 0 saturated carbocycles. The van der Waals surface area contributed by atoms with E-state index in [1.54, 1.807) is 6.07 Å². The SMILES string of the molecule is Oc1c(Cl)cc(Cl)cc1C(=S)Nc1ccccc1. The van der Waals surface area contributed by atoms with E-state index in [-0.39, 0.29) is 10.8 Å². The number of phenols is 1. The molecule has 2 aromatic rings. The highest BCUT2D eigenvalue weighted by Crippen LogP contribution is 2.31. The van der Waals surface area contributed by atoms with Gasteiger partial charge in [0, 0.05) is 10.7 Å². The van der Waals surface area contributed by atoms with E-state index in [9.17, 15) is 5.11 Å². The number of nitrogens with one attached hydrogen (secondary N) is 1. The third kappa shape index (κ3) is 2.93. The number of halogens is 2. The molecule has 0 radical (unpaired) electrons. The quantitative estimate of drug-likeness (QED) is 0.801. The molecule has 0 fully saturated rings. The zero-order chi connectivity index (χ0) is 13.1. The van der Waals surface area contributed by atoms with Crippen LogP contribution in [-0.2, 0) is 0 Å². The van der Waals surface area contributed by atoms with E-state index < -0.39 is 0 Å². The van der Waals surface area contributed by atoms with Gasteiger partial charge in [-0.25, -0.2) is 0 Å². The third-order valence-corrected chi connectivity index (χ3v) is 3.13. The number of thiocarbonyl (C=S) groups is 1. The van der Waals surface area contributed by atoms with Crippen molar-refractivity contribution in [1.29, 1.82) is 0 Å². The summed E-state index contributed by atoms with van der Waals surface area (Å²) in [5, 5.41) is 13.5. The second-order valence-corrected chi connectivity index (χ2v) is 4.86. The highest BCUT2D eigenvalue weighted by molar-refractivity contribution is 7.81. The molecular weight excluding hydrogens is 289 g/mol. The van der Waals surface area contributed by atoms with Gasteiger partial charge in [-0.05, 0) is 24.3 Å². The maximum absolute atomic E-state index is 9.85. The smallest absolute Gasteiger partial charge is 0.144 e. The van der Waals surface area contributed by atoms with Crippen LogP contribution in [0.2, 0.25) is 10.0 Å². The molecule has 2 rings (SSSR count). The first-order chi connectivity index (χ1) is 8.58. The highest BCUT2D eigenvalue weighted by atomic mass is 35.5. The van der Waals surface area contributed by atoms with E-state index in [2.05, 4.69) is 5.32 Å². The summed E-state index contributed by atoms with van der Waals surface area (Å²) in [7, 11) is 0. The van der Waals surface area contributed by atoms with Crippen LogP contribution in [-0.4, -0.2) is 10.1 Å².